The van der Waals surface area contributed by atoms with E-state index in [1.165, 1.54) is 0 Å². The molecule has 1 N–H and O–H groups in total. The van der Waals surface area contributed by atoms with Crippen LogP contribution in [0.15, 0.2) is 36.1 Å². The summed E-state index contributed by atoms with van der Waals surface area (Å²) >= 11 is 0. The van der Waals surface area contributed by atoms with Gasteiger partial charge in [0.1, 0.15) is 11.4 Å². The van der Waals surface area contributed by atoms with E-state index in [1.807, 2.05) is 31.2 Å². The van der Waals surface area contributed by atoms with Crippen molar-refractivity contribution in [3.8, 4) is 5.75 Å². The van der Waals surface area contributed by atoms with Gasteiger partial charge in [0.25, 0.3) is 0 Å². The number of fused-ring (bicyclic) bond motifs is 1. The van der Waals surface area contributed by atoms with E-state index in [4.69, 9.17) is 9.47 Å². The molecular formula is C16H19NO3. The van der Waals surface area contributed by atoms with Crippen molar-refractivity contribution in [2.24, 2.45) is 0 Å². The molecule has 0 aromatic heterocycles. The van der Waals surface area contributed by atoms with Gasteiger partial charge in [-0.15, -0.1) is 0 Å². The molecule has 2 aliphatic rings. The molecular weight excluding hydrogens is 254 g/mol. The number of para-hydroxylation sites is 1. The zero-order valence-corrected chi connectivity index (χ0v) is 11.6. The number of nitrogens with one attached hydrogen (secondary N) is 1. The first kappa shape index (κ1) is 13.2. The lowest BCUT2D eigenvalue weighted by molar-refractivity contribution is 0.0502. The predicted octanol–water partition coefficient (Wildman–Crippen LogP) is 2.30. The summed E-state index contributed by atoms with van der Waals surface area (Å²) < 4.78 is 11.6. The lowest BCUT2D eigenvalue weighted by atomic mass is 9.79. The number of piperidine rings is 1. The van der Waals surface area contributed by atoms with Gasteiger partial charge in [-0.3, -0.25) is 4.79 Å². The monoisotopic (exact) mass is 273 g/mol. The Morgan fingerprint density at radius 2 is 2.10 bits per heavy atom. The second-order valence-corrected chi connectivity index (χ2v) is 5.16. The molecule has 1 saturated heterocycles. The molecule has 4 nitrogen and oxygen atoms in total. The van der Waals surface area contributed by atoms with E-state index in [9.17, 15) is 4.79 Å². The van der Waals surface area contributed by atoms with Crippen molar-refractivity contribution >= 4 is 5.78 Å². The van der Waals surface area contributed by atoms with Gasteiger partial charge in [0.2, 0.25) is 0 Å². The molecule has 0 amide bonds. The number of ketones is 1. The van der Waals surface area contributed by atoms with Crippen molar-refractivity contribution in [1.29, 1.82) is 0 Å². The highest BCUT2D eigenvalue weighted by Gasteiger charge is 2.46. The second-order valence-electron chi connectivity index (χ2n) is 5.16. The number of carbonyl (C=O) groups excluding carboxylic acids is 1. The maximum Gasteiger partial charge on any atom is 0.199 e. The quantitative estimate of drug-likeness (QED) is 0.663. The maximum atomic E-state index is 12.7. The van der Waals surface area contributed by atoms with Crippen LogP contribution in [0.2, 0.25) is 0 Å². The normalized spacial score (nSPS) is 22.4. The van der Waals surface area contributed by atoms with Gasteiger partial charge in [-0.25, -0.2) is 0 Å². The Kier molecular flexibility index (Phi) is 3.49. The molecule has 0 aliphatic carbocycles. The molecule has 1 aromatic carbocycles. The number of hydrogen-bond donors (Lipinski definition) is 1. The third kappa shape index (κ3) is 2.10. The van der Waals surface area contributed by atoms with Crippen LogP contribution < -0.4 is 10.1 Å². The van der Waals surface area contributed by atoms with Crippen LogP contribution in [0.1, 0.15) is 30.1 Å². The van der Waals surface area contributed by atoms with E-state index in [1.54, 1.807) is 6.26 Å². The van der Waals surface area contributed by atoms with Crippen LogP contribution in [0.25, 0.3) is 0 Å². The highest BCUT2D eigenvalue weighted by molar-refractivity contribution is 6.12. The maximum absolute atomic E-state index is 12.7. The summed E-state index contributed by atoms with van der Waals surface area (Å²) in [4.78, 5) is 12.7. The van der Waals surface area contributed by atoms with E-state index in [2.05, 4.69) is 5.32 Å². The molecule has 0 saturated carbocycles. The summed E-state index contributed by atoms with van der Waals surface area (Å²) in [6.07, 6.45) is 3.17. The van der Waals surface area contributed by atoms with Gasteiger partial charge in [-0.1, -0.05) is 12.1 Å². The van der Waals surface area contributed by atoms with Crippen molar-refractivity contribution in [3.05, 3.63) is 41.7 Å². The molecule has 2 aliphatic heterocycles. The van der Waals surface area contributed by atoms with Crippen LogP contribution in [-0.2, 0) is 4.74 Å². The summed E-state index contributed by atoms with van der Waals surface area (Å²) in [5, 5.41) is 3.31. The fraction of sp³-hybridized carbons (Fsp3) is 0.438. The molecule has 3 rings (SSSR count). The SMILES string of the molecule is CCO/C=C1\C(=O)c2ccccc2OC12CCNCC2. The summed E-state index contributed by atoms with van der Waals surface area (Å²) in [5.41, 5.74) is 0.744. The third-order valence-electron chi connectivity index (χ3n) is 3.95. The molecule has 20 heavy (non-hydrogen) atoms. The summed E-state index contributed by atoms with van der Waals surface area (Å²) in [6, 6.07) is 7.44. The molecule has 2 heterocycles. The second kappa shape index (κ2) is 5.29. The van der Waals surface area contributed by atoms with Gasteiger partial charge in [0, 0.05) is 12.8 Å². The largest absolute Gasteiger partial charge is 0.501 e. The first-order chi connectivity index (χ1) is 9.77. The minimum atomic E-state index is -0.536. The van der Waals surface area contributed by atoms with E-state index in [-0.39, 0.29) is 5.78 Å². The molecule has 1 fully saturated rings. The molecule has 0 bridgehead atoms. The standard InChI is InChI=1S/C16H19NO3/c1-2-19-11-13-15(18)12-5-3-4-6-14(12)20-16(13)7-9-17-10-8-16/h3-6,11,17H,2,7-10H2,1H3/b13-11+. The Labute approximate surface area is 118 Å². The Morgan fingerprint density at radius 1 is 1.35 bits per heavy atom. The average Bonchev–Trinajstić information content (AvgIpc) is 2.48. The lowest BCUT2D eigenvalue weighted by Gasteiger charge is -2.42. The number of benzene rings is 1. The fourth-order valence-electron chi connectivity index (χ4n) is 2.89. The van der Waals surface area contributed by atoms with Gasteiger partial charge in [-0.05, 0) is 32.1 Å². The topological polar surface area (TPSA) is 47.6 Å². The minimum Gasteiger partial charge on any atom is -0.501 e. The Hall–Kier alpha value is -1.81. The van der Waals surface area contributed by atoms with Crippen molar-refractivity contribution in [2.75, 3.05) is 19.7 Å². The van der Waals surface area contributed by atoms with Crippen molar-refractivity contribution in [1.82, 2.24) is 5.32 Å². The number of ether oxygens (including phenoxy) is 2. The highest BCUT2D eigenvalue weighted by Crippen LogP contribution is 2.41. The van der Waals surface area contributed by atoms with E-state index in [0.717, 1.165) is 25.9 Å². The zero-order valence-electron chi connectivity index (χ0n) is 11.6. The van der Waals surface area contributed by atoms with Crippen LogP contribution in [0.5, 0.6) is 5.75 Å². The van der Waals surface area contributed by atoms with Crippen LogP contribution in [0.4, 0.5) is 0 Å². The summed E-state index contributed by atoms with van der Waals surface area (Å²) in [7, 11) is 0. The Balaban J connectivity index is 2.06. The number of carbonyl (C=O) groups is 1. The van der Waals surface area contributed by atoms with E-state index >= 15 is 0 Å². The third-order valence-corrected chi connectivity index (χ3v) is 3.95. The molecule has 4 heteroatoms. The predicted molar refractivity (Wildman–Crippen MR) is 75.9 cm³/mol. The highest BCUT2D eigenvalue weighted by atomic mass is 16.5. The summed E-state index contributed by atoms with van der Waals surface area (Å²) in [5.74, 6) is 0.718. The van der Waals surface area contributed by atoms with Gasteiger partial charge >= 0.3 is 0 Å². The Bertz CT molecular complexity index is 544. The van der Waals surface area contributed by atoms with Crippen molar-refractivity contribution < 1.29 is 14.3 Å². The first-order valence-corrected chi connectivity index (χ1v) is 7.12. The van der Waals surface area contributed by atoms with Gasteiger partial charge < -0.3 is 14.8 Å². The van der Waals surface area contributed by atoms with Crippen molar-refractivity contribution in [3.63, 3.8) is 0 Å². The van der Waals surface area contributed by atoms with Crippen LogP contribution in [0.3, 0.4) is 0 Å². The van der Waals surface area contributed by atoms with E-state index in [0.29, 0.717) is 23.5 Å². The lowest BCUT2D eigenvalue weighted by Crippen LogP contribution is -2.51. The van der Waals surface area contributed by atoms with Crippen LogP contribution in [-0.4, -0.2) is 31.1 Å². The number of rotatable bonds is 2. The number of Topliss-reactive ketones (excluding diaryl/α,β-unsaturated/α-hetero) is 1. The molecule has 0 atom stereocenters. The van der Waals surface area contributed by atoms with Gasteiger partial charge in [-0.2, -0.15) is 0 Å². The minimum absolute atomic E-state index is 0.0298. The van der Waals surface area contributed by atoms with Gasteiger partial charge in [0.15, 0.2) is 5.78 Å². The van der Waals surface area contributed by atoms with E-state index < -0.39 is 5.60 Å². The molecule has 0 unspecified atom stereocenters. The Morgan fingerprint density at radius 3 is 2.85 bits per heavy atom. The molecule has 1 spiro atoms. The van der Waals surface area contributed by atoms with Crippen molar-refractivity contribution in [2.45, 2.75) is 25.4 Å². The van der Waals surface area contributed by atoms with Crippen LogP contribution in [0, 0.1) is 0 Å². The average molecular weight is 273 g/mol. The smallest absolute Gasteiger partial charge is 0.199 e. The van der Waals surface area contributed by atoms with Gasteiger partial charge in [0.05, 0.1) is 24.0 Å². The zero-order chi connectivity index (χ0) is 14.0. The van der Waals surface area contributed by atoms with Crippen LogP contribution >= 0.6 is 0 Å². The summed E-state index contributed by atoms with van der Waals surface area (Å²) in [6.45, 7) is 4.15. The first-order valence-electron chi connectivity index (χ1n) is 7.12. The number of hydrogen-bond acceptors (Lipinski definition) is 4. The molecule has 1 aromatic rings. The molecule has 106 valence electrons. The molecule has 0 radical (unpaired) electrons. The fourth-order valence-corrected chi connectivity index (χ4v) is 2.89.